The first-order valence-corrected chi connectivity index (χ1v) is 4.53. The quantitative estimate of drug-likeness (QED) is 0.637. The van der Waals surface area contributed by atoms with Crippen molar-refractivity contribution in [3.63, 3.8) is 0 Å². The van der Waals surface area contributed by atoms with Gasteiger partial charge in [0.25, 0.3) is 0 Å². The fraction of sp³-hybridized carbons (Fsp3) is 1.00. The van der Waals surface area contributed by atoms with E-state index < -0.39 is 0 Å². The summed E-state index contributed by atoms with van der Waals surface area (Å²) < 4.78 is 5.58. The summed E-state index contributed by atoms with van der Waals surface area (Å²) >= 11 is 0. The number of hydrogen-bond acceptors (Lipinski definition) is 3. The second kappa shape index (κ2) is 3.32. The predicted octanol–water partition coefficient (Wildman–Crippen LogP) is 0.513. The molecular weight excluding hydrogens is 154 g/mol. The standard InChI is InChI=1S/C9H19NO2/c1-8(3-4-8)9(2,7-10)12-6-5-11/h11H,3-7,10H2,1-2H3. The number of ether oxygens (including phenoxy) is 1. The highest BCUT2D eigenvalue weighted by Gasteiger charge is 2.53. The van der Waals surface area contributed by atoms with Crippen molar-refractivity contribution < 1.29 is 9.84 Å². The lowest BCUT2D eigenvalue weighted by atomic mass is 9.87. The Morgan fingerprint density at radius 2 is 2.17 bits per heavy atom. The van der Waals surface area contributed by atoms with E-state index >= 15 is 0 Å². The van der Waals surface area contributed by atoms with Gasteiger partial charge in [-0.2, -0.15) is 0 Å². The minimum Gasteiger partial charge on any atom is -0.394 e. The molecule has 72 valence electrons. The maximum absolute atomic E-state index is 8.65. The molecule has 3 nitrogen and oxygen atoms in total. The molecule has 1 aliphatic carbocycles. The van der Waals surface area contributed by atoms with E-state index in [2.05, 4.69) is 6.92 Å². The van der Waals surface area contributed by atoms with E-state index in [9.17, 15) is 0 Å². The Hall–Kier alpha value is -0.120. The van der Waals surface area contributed by atoms with Crippen LogP contribution in [0.25, 0.3) is 0 Å². The molecule has 1 atom stereocenters. The van der Waals surface area contributed by atoms with Crippen LogP contribution in [0.2, 0.25) is 0 Å². The van der Waals surface area contributed by atoms with Crippen molar-refractivity contribution in [1.29, 1.82) is 0 Å². The second-order valence-electron chi connectivity index (χ2n) is 4.07. The lowest BCUT2D eigenvalue weighted by molar-refractivity contribution is -0.0826. The molecule has 0 heterocycles. The molecular formula is C9H19NO2. The summed E-state index contributed by atoms with van der Waals surface area (Å²) in [5.74, 6) is 0. The summed E-state index contributed by atoms with van der Waals surface area (Å²) in [7, 11) is 0. The van der Waals surface area contributed by atoms with Gasteiger partial charge >= 0.3 is 0 Å². The van der Waals surface area contributed by atoms with Gasteiger partial charge in [0.2, 0.25) is 0 Å². The van der Waals surface area contributed by atoms with Crippen LogP contribution in [0.5, 0.6) is 0 Å². The second-order valence-corrected chi connectivity index (χ2v) is 4.07. The van der Waals surface area contributed by atoms with Gasteiger partial charge in [-0.15, -0.1) is 0 Å². The highest BCUT2D eigenvalue weighted by atomic mass is 16.5. The molecule has 1 fully saturated rings. The number of aliphatic hydroxyl groups is 1. The third-order valence-electron chi connectivity index (χ3n) is 3.18. The average Bonchev–Trinajstić information content (AvgIpc) is 2.81. The van der Waals surface area contributed by atoms with Gasteiger partial charge in [-0.25, -0.2) is 0 Å². The molecule has 0 aromatic rings. The topological polar surface area (TPSA) is 55.5 Å². The monoisotopic (exact) mass is 173 g/mol. The van der Waals surface area contributed by atoms with E-state index in [1.54, 1.807) is 0 Å². The maximum atomic E-state index is 8.65. The van der Waals surface area contributed by atoms with Crippen LogP contribution in [0.1, 0.15) is 26.7 Å². The van der Waals surface area contributed by atoms with Crippen LogP contribution in [0.4, 0.5) is 0 Å². The summed E-state index contributed by atoms with van der Waals surface area (Å²) in [5, 5.41) is 8.65. The van der Waals surface area contributed by atoms with Gasteiger partial charge in [-0.3, -0.25) is 0 Å². The maximum Gasteiger partial charge on any atom is 0.0830 e. The minimum atomic E-state index is -0.240. The number of nitrogens with two attached hydrogens (primary N) is 1. The van der Waals surface area contributed by atoms with Gasteiger partial charge in [0.15, 0.2) is 0 Å². The molecule has 3 heteroatoms. The molecule has 1 aliphatic rings. The zero-order chi connectivity index (χ0) is 9.24. The Bertz CT molecular complexity index is 157. The van der Waals surface area contributed by atoms with Crippen molar-refractivity contribution in [2.75, 3.05) is 19.8 Å². The fourth-order valence-electron chi connectivity index (χ4n) is 1.47. The smallest absolute Gasteiger partial charge is 0.0830 e. The zero-order valence-corrected chi connectivity index (χ0v) is 7.97. The molecule has 0 spiro atoms. The molecule has 0 saturated heterocycles. The van der Waals surface area contributed by atoms with Crippen molar-refractivity contribution >= 4 is 0 Å². The van der Waals surface area contributed by atoms with Crippen LogP contribution in [-0.4, -0.2) is 30.5 Å². The van der Waals surface area contributed by atoms with Crippen molar-refractivity contribution in [2.45, 2.75) is 32.3 Å². The first kappa shape index (κ1) is 9.96. The molecule has 3 N–H and O–H groups in total. The van der Waals surface area contributed by atoms with E-state index in [1.165, 1.54) is 12.8 Å². The molecule has 1 rings (SSSR count). The Kier molecular flexibility index (Phi) is 2.76. The van der Waals surface area contributed by atoms with E-state index in [0.717, 1.165) is 0 Å². The molecule has 0 aromatic heterocycles. The van der Waals surface area contributed by atoms with Gasteiger partial charge < -0.3 is 15.6 Å². The van der Waals surface area contributed by atoms with Crippen molar-refractivity contribution in [1.82, 2.24) is 0 Å². The molecule has 1 unspecified atom stereocenters. The Labute approximate surface area is 73.9 Å². The molecule has 0 aliphatic heterocycles. The molecule has 0 aromatic carbocycles. The lowest BCUT2D eigenvalue weighted by Gasteiger charge is -2.34. The van der Waals surface area contributed by atoms with E-state index in [0.29, 0.717) is 13.2 Å². The predicted molar refractivity (Wildman–Crippen MR) is 47.8 cm³/mol. The zero-order valence-electron chi connectivity index (χ0n) is 7.97. The van der Waals surface area contributed by atoms with Crippen molar-refractivity contribution in [2.24, 2.45) is 11.1 Å². The van der Waals surface area contributed by atoms with E-state index in [-0.39, 0.29) is 17.6 Å². The third-order valence-corrected chi connectivity index (χ3v) is 3.18. The van der Waals surface area contributed by atoms with Gasteiger partial charge in [-0.1, -0.05) is 6.92 Å². The van der Waals surface area contributed by atoms with Gasteiger partial charge in [0.1, 0.15) is 0 Å². The van der Waals surface area contributed by atoms with Gasteiger partial charge in [0, 0.05) is 6.54 Å². The molecule has 12 heavy (non-hydrogen) atoms. The average molecular weight is 173 g/mol. The van der Waals surface area contributed by atoms with E-state index in [4.69, 9.17) is 15.6 Å². The van der Waals surface area contributed by atoms with Crippen LogP contribution in [0, 0.1) is 5.41 Å². The fourth-order valence-corrected chi connectivity index (χ4v) is 1.47. The normalized spacial score (nSPS) is 25.0. The van der Waals surface area contributed by atoms with Crippen LogP contribution >= 0.6 is 0 Å². The summed E-state index contributed by atoms with van der Waals surface area (Å²) in [6, 6.07) is 0. The SMILES string of the molecule is CC1(C(C)(CN)OCCO)CC1. The van der Waals surface area contributed by atoms with Crippen molar-refractivity contribution in [3.8, 4) is 0 Å². The van der Waals surface area contributed by atoms with Crippen LogP contribution < -0.4 is 5.73 Å². The van der Waals surface area contributed by atoms with Gasteiger partial charge in [-0.05, 0) is 25.2 Å². The number of hydrogen-bond donors (Lipinski definition) is 2. The lowest BCUT2D eigenvalue weighted by Crippen LogP contribution is -2.45. The molecule has 0 radical (unpaired) electrons. The summed E-state index contributed by atoms with van der Waals surface area (Å²) in [5.41, 5.74) is 5.67. The number of aliphatic hydroxyl groups excluding tert-OH is 1. The Balaban J connectivity index is 2.50. The van der Waals surface area contributed by atoms with E-state index in [1.807, 2.05) is 6.92 Å². The third kappa shape index (κ3) is 1.63. The molecule has 0 bridgehead atoms. The summed E-state index contributed by atoms with van der Waals surface area (Å²) in [6.45, 7) is 5.23. The Morgan fingerprint density at radius 1 is 1.58 bits per heavy atom. The summed E-state index contributed by atoms with van der Waals surface area (Å²) in [6.07, 6.45) is 2.37. The van der Waals surface area contributed by atoms with Crippen molar-refractivity contribution in [3.05, 3.63) is 0 Å². The van der Waals surface area contributed by atoms with Crippen LogP contribution in [0.15, 0.2) is 0 Å². The Morgan fingerprint density at radius 3 is 2.50 bits per heavy atom. The van der Waals surface area contributed by atoms with Crippen LogP contribution in [0.3, 0.4) is 0 Å². The van der Waals surface area contributed by atoms with Crippen LogP contribution in [-0.2, 0) is 4.74 Å². The summed E-state index contributed by atoms with van der Waals surface area (Å²) in [4.78, 5) is 0. The van der Waals surface area contributed by atoms with Gasteiger partial charge in [0.05, 0.1) is 18.8 Å². The molecule has 1 saturated carbocycles. The largest absolute Gasteiger partial charge is 0.394 e. The highest BCUT2D eigenvalue weighted by molar-refractivity contribution is 5.04. The number of rotatable bonds is 5. The first-order chi connectivity index (χ1) is 5.58. The minimum absolute atomic E-state index is 0.0751. The molecule has 0 amide bonds. The highest BCUT2D eigenvalue weighted by Crippen LogP contribution is 2.54. The first-order valence-electron chi connectivity index (χ1n) is 4.53.